The number of hydrogen-bond donors (Lipinski definition) is 1. The summed E-state index contributed by atoms with van der Waals surface area (Å²) in [5, 5.41) is 0. The molecule has 1 heterocycles. The van der Waals surface area contributed by atoms with Crippen molar-refractivity contribution in [1.29, 1.82) is 0 Å². The fraction of sp³-hybridized carbons (Fsp3) is 0.600. The van der Waals surface area contributed by atoms with E-state index in [1.807, 2.05) is 0 Å². The minimum absolute atomic E-state index is 0.211. The van der Waals surface area contributed by atoms with E-state index in [0.29, 0.717) is 0 Å². The molecule has 0 bridgehead atoms. The van der Waals surface area contributed by atoms with Gasteiger partial charge in [0.1, 0.15) is 0 Å². The molecule has 17 heavy (non-hydrogen) atoms. The molecule has 1 atom stereocenters. The van der Waals surface area contributed by atoms with Gasteiger partial charge in [0, 0.05) is 24.8 Å². The summed E-state index contributed by atoms with van der Waals surface area (Å²) in [6.07, 6.45) is 6.20. The number of nitrogens with zero attached hydrogens (tertiary/aromatic N) is 1. The lowest BCUT2D eigenvalue weighted by molar-refractivity contribution is 0.603. The van der Waals surface area contributed by atoms with Crippen LogP contribution < -0.4 is 10.6 Å². The van der Waals surface area contributed by atoms with Crippen LogP contribution in [0.2, 0.25) is 0 Å². The van der Waals surface area contributed by atoms with Crippen molar-refractivity contribution >= 4 is 5.69 Å². The van der Waals surface area contributed by atoms with Crippen molar-refractivity contribution in [3.63, 3.8) is 0 Å². The smallest absolute Gasteiger partial charge is 0.0366 e. The lowest BCUT2D eigenvalue weighted by Gasteiger charge is -2.19. The maximum absolute atomic E-state index is 6.17. The van der Waals surface area contributed by atoms with E-state index in [1.165, 1.54) is 50.0 Å². The predicted octanol–water partition coefficient (Wildman–Crippen LogP) is 3.48. The second-order valence-electron chi connectivity index (χ2n) is 5.03. The van der Waals surface area contributed by atoms with Gasteiger partial charge in [0.15, 0.2) is 0 Å². The summed E-state index contributed by atoms with van der Waals surface area (Å²) < 4.78 is 0. The summed E-state index contributed by atoms with van der Waals surface area (Å²) in [5.41, 5.74) is 8.81. The summed E-state index contributed by atoms with van der Waals surface area (Å²) in [6.45, 7) is 4.63. The van der Waals surface area contributed by atoms with Crippen molar-refractivity contribution in [2.45, 2.75) is 45.1 Å². The minimum atomic E-state index is 0.211. The molecular weight excluding hydrogens is 208 g/mol. The van der Waals surface area contributed by atoms with Crippen LogP contribution in [0.25, 0.3) is 0 Å². The van der Waals surface area contributed by atoms with E-state index < -0.39 is 0 Å². The normalized spacial score (nSPS) is 17.4. The van der Waals surface area contributed by atoms with E-state index in [4.69, 9.17) is 5.73 Å². The zero-order valence-electron chi connectivity index (χ0n) is 10.9. The second-order valence-corrected chi connectivity index (χ2v) is 5.03. The van der Waals surface area contributed by atoms with Gasteiger partial charge in [0.25, 0.3) is 0 Å². The summed E-state index contributed by atoms with van der Waals surface area (Å²) in [6, 6.07) is 9.07. The summed E-state index contributed by atoms with van der Waals surface area (Å²) >= 11 is 0. The number of hydrogen-bond acceptors (Lipinski definition) is 2. The highest BCUT2D eigenvalue weighted by Gasteiger charge is 2.12. The topological polar surface area (TPSA) is 29.3 Å². The van der Waals surface area contributed by atoms with Gasteiger partial charge >= 0.3 is 0 Å². The first-order chi connectivity index (χ1) is 8.31. The number of unbranched alkanes of at least 4 members (excludes halogenated alkanes) is 1. The van der Waals surface area contributed by atoms with Crippen LogP contribution in [0.15, 0.2) is 24.3 Å². The van der Waals surface area contributed by atoms with E-state index in [1.54, 1.807) is 0 Å². The maximum atomic E-state index is 6.17. The summed E-state index contributed by atoms with van der Waals surface area (Å²) in [5.74, 6) is 0. The molecule has 94 valence electrons. The van der Waals surface area contributed by atoms with Crippen molar-refractivity contribution in [2.75, 3.05) is 18.0 Å². The van der Waals surface area contributed by atoms with Crippen LogP contribution in [0.1, 0.15) is 50.6 Å². The molecule has 1 saturated heterocycles. The SMILES string of the molecule is CCCC[C@H](N)c1ccc(N2CCCC2)cc1. The molecule has 2 N–H and O–H groups in total. The molecule has 0 saturated carbocycles. The highest BCUT2D eigenvalue weighted by atomic mass is 15.1. The van der Waals surface area contributed by atoms with Gasteiger partial charge in [0.05, 0.1) is 0 Å². The zero-order valence-corrected chi connectivity index (χ0v) is 10.9. The molecule has 1 aliphatic heterocycles. The number of anilines is 1. The Labute approximate surface area is 105 Å². The molecule has 1 aliphatic rings. The first kappa shape index (κ1) is 12.4. The Morgan fingerprint density at radius 1 is 1.18 bits per heavy atom. The van der Waals surface area contributed by atoms with Crippen LogP contribution >= 0.6 is 0 Å². The highest BCUT2D eigenvalue weighted by Crippen LogP contribution is 2.23. The molecule has 0 amide bonds. The average molecular weight is 232 g/mol. The third-order valence-corrected chi connectivity index (χ3v) is 3.66. The Morgan fingerprint density at radius 2 is 1.82 bits per heavy atom. The maximum Gasteiger partial charge on any atom is 0.0366 e. The third-order valence-electron chi connectivity index (χ3n) is 3.66. The van der Waals surface area contributed by atoms with Gasteiger partial charge < -0.3 is 10.6 Å². The van der Waals surface area contributed by atoms with Gasteiger partial charge in [-0.05, 0) is 37.0 Å². The molecule has 0 radical (unpaired) electrons. The average Bonchev–Trinajstić information content (AvgIpc) is 2.90. The molecule has 0 spiro atoms. The fourth-order valence-electron chi connectivity index (χ4n) is 2.50. The lowest BCUT2D eigenvalue weighted by Crippen LogP contribution is -2.17. The molecule has 2 nitrogen and oxygen atoms in total. The Hall–Kier alpha value is -1.02. The van der Waals surface area contributed by atoms with Crippen molar-refractivity contribution in [3.05, 3.63) is 29.8 Å². The first-order valence-corrected chi connectivity index (χ1v) is 6.91. The molecule has 1 aromatic carbocycles. The molecular formula is C15H24N2. The Balaban J connectivity index is 1.96. The quantitative estimate of drug-likeness (QED) is 0.842. The van der Waals surface area contributed by atoms with E-state index in [-0.39, 0.29) is 6.04 Å². The van der Waals surface area contributed by atoms with Crippen LogP contribution in [0.5, 0.6) is 0 Å². The first-order valence-electron chi connectivity index (χ1n) is 6.91. The Bertz CT molecular complexity index is 325. The Kier molecular flexibility index (Phi) is 4.43. The fourth-order valence-corrected chi connectivity index (χ4v) is 2.50. The molecule has 0 aromatic heterocycles. The Morgan fingerprint density at radius 3 is 2.41 bits per heavy atom. The van der Waals surface area contributed by atoms with Crippen LogP contribution in [-0.4, -0.2) is 13.1 Å². The van der Waals surface area contributed by atoms with E-state index in [9.17, 15) is 0 Å². The van der Waals surface area contributed by atoms with Gasteiger partial charge in [-0.2, -0.15) is 0 Å². The predicted molar refractivity (Wildman–Crippen MR) is 74.3 cm³/mol. The molecule has 1 aromatic rings. The number of benzene rings is 1. The standard InChI is InChI=1S/C15H24N2/c1-2-3-6-15(16)13-7-9-14(10-8-13)17-11-4-5-12-17/h7-10,15H,2-6,11-12,16H2,1H3/t15-/m0/s1. The zero-order chi connectivity index (χ0) is 12.1. The summed E-state index contributed by atoms with van der Waals surface area (Å²) in [4.78, 5) is 2.46. The highest BCUT2D eigenvalue weighted by molar-refractivity contribution is 5.48. The van der Waals surface area contributed by atoms with E-state index in [0.717, 1.165) is 6.42 Å². The number of rotatable bonds is 5. The molecule has 2 rings (SSSR count). The van der Waals surface area contributed by atoms with E-state index >= 15 is 0 Å². The molecule has 0 aliphatic carbocycles. The van der Waals surface area contributed by atoms with E-state index in [2.05, 4.69) is 36.1 Å². The van der Waals surface area contributed by atoms with Gasteiger partial charge in [-0.3, -0.25) is 0 Å². The minimum Gasteiger partial charge on any atom is -0.372 e. The van der Waals surface area contributed by atoms with Crippen molar-refractivity contribution in [1.82, 2.24) is 0 Å². The molecule has 1 fully saturated rings. The summed E-state index contributed by atoms with van der Waals surface area (Å²) in [7, 11) is 0. The van der Waals surface area contributed by atoms with Crippen molar-refractivity contribution in [2.24, 2.45) is 5.73 Å². The van der Waals surface area contributed by atoms with Crippen LogP contribution in [0.3, 0.4) is 0 Å². The second kappa shape index (κ2) is 6.06. The third kappa shape index (κ3) is 3.22. The van der Waals surface area contributed by atoms with Gasteiger partial charge in [-0.25, -0.2) is 0 Å². The molecule has 2 heteroatoms. The van der Waals surface area contributed by atoms with Crippen molar-refractivity contribution < 1.29 is 0 Å². The lowest BCUT2D eigenvalue weighted by atomic mass is 10.0. The van der Waals surface area contributed by atoms with Crippen molar-refractivity contribution in [3.8, 4) is 0 Å². The van der Waals surface area contributed by atoms with Crippen LogP contribution in [0, 0.1) is 0 Å². The van der Waals surface area contributed by atoms with Crippen LogP contribution in [-0.2, 0) is 0 Å². The van der Waals surface area contributed by atoms with Gasteiger partial charge in [0.2, 0.25) is 0 Å². The largest absolute Gasteiger partial charge is 0.372 e. The monoisotopic (exact) mass is 232 g/mol. The van der Waals surface area contributed by atoms with Crippen LogP contribution in [0.4, 0.5) is 5.69 Å². The van der Waals surface area contributed by atoms with Gasteiger partial charge in [-0.1, -0.05) is 31.9 Å². The van der Waals surface area contributed by atoms with Gasteiger partial charge in [-0.15, -0.1) is 0 Å². The molecule has 0 unspecified atom stereocenters. The number of nitrogens with two attached hydrogens (primary N) is 1.